The van der Waals surface area contributed by atoms with E-state index in [1.807, 2.05) is 0 Å². The van der Waals surface area contributed by atoms with Gasteiger partial charge in [0.25, 0.3) is 0 Å². The molecule has 2 aromatic rings. The van der Waals surface area contributed by atoms with Crippen LogP contribution in [0, 0.1) is 0 Å². The molecule has 1 nitrogen and oxygen atoms in total. The molecule has 0 spiro atoms. The zero-order valence-electron chi connectivity index (χ0n) is 10.3. The molecule has 0 amide bonds. The highest BCUT2D eigenvalue weighted by Gasteiger charge is 2.04. The Bertz CT molecular complexity index is 456. The second kappa shape index (κ2) is 5.99. The quantitative estimate of drug-likeness (QED) is 0.838. The minimum absolute atomic E-state index is 0.630. The van der Waals surface area contributed by atoms with Crippen molar-refractivity contribution < 1.29 is 0 Å². The maximum Gasteiger partial charge on any atom is 0.0280 e. The molecule has 0 fully saturated rings. The van der Waals surface area contributed by atoms with Gasteiger partial charge in [-0.3, -0.25) is 0 Å². The Labute approximate surface area is 107 Å². The number of aryl methyl sites for hydroxylation is 1. The number of unbranched alkanes of at least 4 members (excludes halogenated alkanes) is 1. The molecule has 0 aliphatic heterocycles. The summed E-state index contributed by atoms with van der Waals surface area (Å²) in [6, 6.07) is 11.1. The third-order valence-electron chi connectivity index (χ3n) is 3.01. The van der Waals surface area contributed by atoms with Gasteiger partial charge in [-0.2, -0.15) is 0 Å². The standard InChI is InChI=1S/C15H19NS/c1-2-3-4-12-5-7-13(8-6-12)14-9-10-17-15(14)11-16/h5-10H,2-4,11,16H2,1H3. The topological polar surface area (TPSA) is 26.0 Å². The van der Waals surface area contributed by atoms with Crippen LogP contribution >= 0.6 is 11.3 Å². The Morgan fingerprint density at radius 2 is 1.88 bits per heavy atom. The number of nitrogens with two attached hydrogens (primary N) is 1. The normalized spacial score (nSPS) is 10.7. The molecule has 0 unspecified atom stereocenters. The number of thiophene rings is 1. The Hall–Kier alpha value is -1.12. The van der Waals surface area contributed by atoms with E-state index in [1.54, 1.807) is 11.3 Å². The monoisotopic (exact) mass is 245 g/mol. The van der Waals surface area contributed by atoms with Gasteiger partial charge in [0.2, 0.25) is 0 Å². The van der Waals surface area contributed by atoms with Crippen LogP contribution in [0.4, 0.5) is 0 Å². The highest BCUT2D eigenvalue weighted by Crippen LogP contribution is 2.28. The fraction of sp³-hybridized carbons (Fsp3) is 0.333. The minimum atomic E-state index is 0.630. The van der Waals surface area contributed by atoms with Crippen molar-refractivity contribution in [2.75, 3.05) is 0 Å². The van der Waals surface area contributed by atoms with Gasteiger partial charge in [-0.25, -0.2) is 0 Å². The Morgan fingerprint density at radius 1 is 1.12 bits per heavy atom. The number of rotatable bonds is 5. The van der Waals surface area contributed by atoms with Crippen LogP contribution in [0.2, 0.25) is 0 Å². The summed E-state index contributed by atoms with van der Waals surface area (Å²) in [7, 11) is 0. The van der Waals surface area contributed by atoms with Crippen molar-refractivity contribution in [1.82, 2.24) is 0 Å². The lowest BCUT2D eigenvalue weighted by Gasteiger charge is -2.04. The van der Waals surface area contributed by atoms with E-state index in [4.69, 9.17) is 5.73 Å². The summed E-state index contributed by atoms with van der Waals surface area (Å²) in [5, 5.41) is 2.11. The summed E-state index contributed by atoms with van der Waals surface area (Å²) < 4.78 is 0. The Kier molecular flexibility index (Phi) is 4.35. The summed E-state index contributed by atoms with van der Waals surface area (Å²) in [5.74, 6) is 0. The lowest BCUT2D eigenvalue weighted by molar-refractivity contribution is 0.795. The Balaban J connectivity index is 2.17. The maximum atomic E-state index is 5.74. The largest absolute Gasteiger partial charge is 0.326 e. The molecule has 1 aromatic heterocycles. The van der Waals surface area contributed by atoms with Crippen LogP contribution in [-0.2, 0) is 13.0 Å². The molecule has 0 saturated heterocycles. The average Bonchev–Trinajstić information content (AvgIpc) is 2.85. The van der Waals surface area contributed by atoms with Gasteiger partial charge in [0.1, 0.15) is 0 Å². The number of hydrogen-bond donors (Lipinski definition) is 1. The third-order valence-corrected chi connectivity index (χ3v) is 3.96. The minimum Gasteiger partial charge on any atom is -0.326 e. The second-order valence-electron chi connectivity index (χ2n) is 4.26. The van der Waals surface area contributed by atoms with Crippen LogP contribution in [0.25, 0.3) is 11.1 Å². The average molecular weight is 245 g/mol. The van der Waals surface area contributed by atoms with Gasteiger partial charge in [-0.1, -0.05) is 37.6 Å². The predicted molar refractivity (Wildman–Crippen MR) is 76.3 cm³/mol. The van der Waals surface area contributed by atoms with Gasteiger partial charge in [0.05, 0.1) is 0 Å². The Morgan fingerprint density at radius 3 is 2.53 bits per heavy atom. The molecule has 0 bridgehead atoms. The highest BCUT2D eigenvalue weighted by molar-refractivity contribution is 7.10. The van der Waals surface area contributed by atoms with Crippen molar-refractivity contribution in [1.29, 1.82) is 0 Å². The van der Waals surface area contributed by atoms with Gasteiger partial charge in [-0.05, 0) is 41.0 Å². The van der Waals surface area contributed by atoms with Gasteiger partial charge < -0.3 is 5.73 Å². The summed E-state index contributed by atoms with van der Waals surface area (Å²) in [6.45, 7) is 2.86. The molecule has 2 heteroatoms. The first-order chi connectivity index (χ1) is 8.35. The van der Waals surface area contributed by atoms with Crippen molar-refractivity contribution in [3.63, 3.8) is 0 Å². The SMILES string of the molecule is CCCCc1ccc(-c2ccsc2CN)cc1. The fourth-order valence-electron chi connectivity index (χ4n) is 1.99. The lowest BCUT2D eigenvalue weighted by atomic mass is 10.0. The molecule has 90 valence electrons. The summed E-state index contributed by atoms with van der Waals surface area (Å²) in [6.07, 6.45) is 3.71. The van der Waals surface area contributed by atoms with Gasteiger partial charge >= 0.3 is 0 Å². The van der Waals surface area contributed by atoms with E-state index in [0.717, 1.165) is 0 Å². The van der Waals surface area contributed by atoms with E-state index in [1.165, 1.54) is 40.8 Å². The lowest BCUT2D eigenvalue weighted by Crippen LogP contribution is -1.94. The predicted octanol–water partition coefficient (Wildman–Crippen LogP) is 4.22. The molecule has 0 atom stereocenters. The van der Waals surface area contributed by atoms with Crippen molar-refractivity contribution in [3.05, 3.63) is 46.2 Å². The zero-order valence-corrected chi connectivity index (χ0v) is 11.1. The van der Waals surface area contributed by atoms with Crippen molar-refractivity contribution in [2.45, 2.75) is 32.7 Å². The van der Waals surface area contributed by atoms with E-state index in [-0.39, 0.29) is 0 Å². The molecule has 0 aliphatic rings. The molecule has 0 radical (unpaired) electrons. The number of hydrogen-bond acceptors (Lipinski definition) is 2. The van der Waals surface area contributed by atoms with Crippen LogP contribution in [0.1, 0.15) is 30.2 Å². The highest BCUT2D eigenvalue weighted by atomic mass is 32.1. The molecule has 1 heterocycles. The molecule has 1 aromatic carbocycles. The first-order valence-electron chi connectivity index (χ1n) is 6.21. The molecular formula is C15H19NS. The van der Waals surface area contributed by atoms with Gasteiger partial charge in [0, 0.05) is 11.4 Å². The fourth-order valence-corrected chi connectivity index (χ4v) is 2.77. The van der Waals surface area contributed by atoms with Gasteiger partial charge in [-0.15, -0.1) is 11.3 Å². The summed E-state index contributed by atoms with van der Waals surface area (Å²) in [5.41, 5.74) is 9.74. The van der Waals surface area contributed by atoms with Crippen molar-refractivity contribution >= 4 is 11.3 Å². The molecule has 0 aliphatic carbocycles. The number of benzene rings is 1. The summed E-state index contributed by atoms with van der Waals surface area (Å²) in [4.78, 5) is 1.27. The van der Waals surface area contributed by atoms with Crippen LogP contribution in [-0.4, -0.2) is 0 Å². The van der Waals surface area contributed by atoms with Crippen LogP contribution < -0.4 is 5.73 Å². The maximum absolute atomic E-state index is 5.74. The van der Waals surface area contributed by atoms with E-state index in [9.17, 15) is 0 Å². The first-order valence-corrected chi connectivity index (χ1v) is 7.09. The molecule has 0 saturated carbocycles. The van der Waals surface area contributed by atoms with E-state index < -0.39 is 0 Å². The van der Waals surface area contributed by atoms with Crippen LogP contribution in [0.5, 0.6) is 0 Å². The second-order valence-corrected chi connectivity index (χ2v) is 5.26. The van der Waals surface area contributed by atoms with Crippen molar-refractivity contribution in [2.24, 2.45) is 5.73 Å². The van der Waals surface area contributed by atoms with E-state index in [0.29, 0.717) is 6.54 Å². The van der Waals surface area contributed by atoms with E-state index in [2.05, 4.69) is 42.6 Å². The molecule has 17 heavy (non-hydrogen) atoms. The summed E-state index contributed by atoms with van der Waals surface area (Å²) >= 11 is 1.74. The third kappa shape index (κ3) is 2.96. The van der Waals surface area contributed by atoms with Crippen LogP contribution in [0.15, 0.2) is 35.7 Å². The van der Waals surface area contributed by atoms with E-state index >= 15 is 0 Å². The van der Waals surface area contributed by atoms with Crippen molar-refractivity contribution in [3.8, 4) is 11.1 Å². The molecular weight excluding hydrogens is 226 g/mol. The molecule has 2 N–H and O–H groups in total. The first kappa shape index (κ1) is 12.3. The smallest absolute Gasteiger partial charge is 0.0280 e. The molecule has 2 rings (SSSR count). The zero-order chi connectivity index (χ0) is 12.1. The van der Waals surface area contributed by atoms with Crippen LogP contribution in [0.3, 0.4) is 0 Å². The van der Waals surface area contributed by atoms with Gasteiger partial charge in [0.15, 0.2) is 0 Å².